The van der Waals surface area contributed by atoms with Crippen LogP contribution in [-0.4, -0.2) is 35.3 Å². The SMILES string of the molecule is CC1CN(c2ccc(Nc3nccnc3C#N)cc2F)CC(C)O1. The first-order valence-corrected chi connectivity index (χ1v) is 7.75. The second-order valence-corrected chi connectivity index (χ2v) is 5.82. The fraction of sp³-hybridized carbons (Fsp3) is 0.353. The molecule has 1 aromatic heterocycles. The van der Waals surface area contributed by atoms with Crippen LogP contribution >= 0.6 is 0 Å². The Morgan fingerprint density at radius 3 is 2.62 bits per heavy atom. The summed E-state index contributed by atoms with van der Waals surface area (Å²) >= 11 is 0. The topological polar surface area (TPSA) is 74.1 Å². The van der Waals surface area contributed by atoms with Gasteiger partial charge in [0.2, 0.25) is 0 Å². The van der Waals surface area contributed by atoms with Crippen LogP contribution in [0.1, 0.15) is 19.5 Å². The fourth-order valence-corrected chi connectivity index (χ4v) is 2.86. The van der Waals surface area contributed by atoms with E-state index < -0.39 is 0 Å². The van der Waals surface area contributed by atoms with Crippen LogP contribution in [0.15, 0.2) is 30.6 Å². The monoisotopic (exact) mass is 327 g/mol. The van der Waals surface area contributed by atoms with Crippen LogP contribution in [0, 0.1) is 17.1 Å². The third-order valence-corrected chi connectivity index (χ3v) is 3.77. The van der Waals surface area contributed by atoms with E-state index in [1.165, 1.54) is 18.5 Å². The molecule has 2 unspecified atom stereocenters. The highest BCUT2D eigenvalue weighted by Crippen LogP contribution is 2.27. The Kier molecular flexibility index (Phi) is 4.58. The van der Waals surface area contributed by atoms with Crippen LogP contribution in [0.5, 0.6) is 0 Å². The Balaban J connectivity index is 1.81. The molecule has 0 saturated carbocycles. The minimum absolute atomic E-state index is 0.0590. The lowest BCUT2D eigenvalue weighted by Crippen LogP contribution is -2.45. The van der Waals surface area contributed by atoms with E-state index in [0.29, 0.717) is 30.3 Å². The van der Waals surface area contributed by atoms with E-state index in [9.17, 15) is 4.39 Å². The van der Waals surface area contributed by atoms with Crippen LogP contribution < -0.4 is 10.2 Å². The molecule has 0 bridgehead atoms. The smallest absolute Gasteiger partial charge is 0.183 e. The van der Waals surface area contributed by atoms with Crippen molar-refractivity contribution in [2.45, 2.75) is 26.1 Å². The molecule has 2 heterocycles. The fourth-order valence-electron chi connectivity index (χ4n) is 2.86. The van der Waals surface area contributed by atoms with Crippen molar-refractivity contribution in [3.8, 4) is 6.07 Å². The van der Waals surface area contributed by atoms with Gasteiger partial charge in [-0.2, -0.15) is 5.26 Å². The molecular weight excluding hydrogens is 309 g/mol. The number of nitrogens with zero attached hydrogens (tertiary/aromatic N) is 4. The van der Waals surface area contributed by atoms with Crippen molar-refractivity contribution in [1.82, 2.24) is 9.97 Å². The molecule has 124 valence electrons. The van der Waals surface area contributed by atoms with Gasteiger partial charge in [-0.25, -0.2) is 14.4 Å². The molecule has 6 nitrogen and oxygen atoms in total. The molecule has 24 heavy (non-hydrogen) atoms. The molecule has 1 saturated heterocycles. The van der Waals surface area contributed by atoms with Gasteiger partial charge in [0.1, 0.15) is 11.9 Å². The van der Waals surface area contributed by atoms with Crippen LogP contribution in [0.2, 0.25) is 0 Å². The molecule has 1 N–H and O–H groups in total. The van der Waals surface area contributed by atoms with Gasteiger partial charge in [-0.3, -0.25) is 0 Å². The third-order valence-electron chi connectivity index (χ3n) is 3.77. The molecule has 1 aliphatic rings. The summed E-state index contributed by atoms with van der Waals surface area (Å²) in [6.45, 7) is 5.26. The van der Waals surface area contributed by atoms with Crippen LogP contribution in [-0.2, 0) is 4.74 Å². The van der Waals surface area contributed by atoms with Gasteiger partial charge in [0.05, 0.1) is 17.9 Å². The number of halogens is 1. The third kappa shape index (κ3) is 3.44. The highest BCUT2D eigenvalue weighted by Gasteiger charge is 2.24. The first-order valence-electron chi connectivity index (χ1n) is 7.75. The molecule has 2 atom stereocenters. The summed E-state index contributed by atoms with van der Waals surface area (Å²) in [5, 5.41) is 12.0. The number of nitrogens with one attached hydrogen (secondary N) is 1. The maximum atomic E-state index is 14.6. The number of morpholine rings is 1. The molecule has 3 rings (SSSR count). The molecule has 7 heteroatoms. The van der Waals surface area contributed by atoms with Crippen molar-refractivity contribution in [3.63, 3.8) is 0 Å². The van der Waals surface area contributed by atoms with E-state index >= 15 is 0 Å². The minimum atomic E-state index is -0.330. The normalized spacial score (nSPS) is 20.5. The zero-order chi connectivity index (χ0) is 17.1. The van der Waals surface area contributed by atoms with Crippen molar-refractivity contribution >= 4 is 17.2 Å². The number of rotatable bonds is 3. The molecule has 1 aliphatic heterocycles. The van der Waals surface area contributed by atoms with Gasteiger partial charge in [0, 0.05) is 31.2 Å². The summed E-state index contributed by atoms with van der Waals surface area (Å²) in [6, 6.07) is 6.84. The Morgan fingerprint density at radius 1 is 1.25 bits per heavy atom. The summed E-state index contributed by atoms with van der Waals surface area (Å²) in [5.41, 5.74) is 1.22. The van der Waals surface area contributed by atoms with Crippen LogP contribution in [0.25, 0.3) is 0 Å². The molecule has 1 fully saturated rings. The molecule has 0 spiro atoms. The molecular formula is C17H18FN5O. The Labute approximate surface area is 139 Å². The van der Waals surface area contributed by atoms with Gasteiger partial charge >= 0.3 is 0 Å². The molecule has 0 radical (unpaired) electrons. The van der Waals surface area contributed by atoms with Crippen molar-refractivity contribution in [2.24, 2.45) is 0 Å². The molecule has 0 amide bonds. The molecule has 0 aliphatic carbocycles. The number of benzene rings is 1. The van der Waals surface area contributed by atoms with E-state index in [1.807, 2.05) is 24.8 Å². The van der Waals surface area contributed by atoms with Crippen molar-refractivity contribution in [1.29, 1.82) is 5.26 Å². The summed E-state index contributed by atoms with van der Waals surface area (Å²) < 4.78 is 20.2. The first kappa shape index (κ1) is 16.1. The van der Waals surface area contributed by atoms with E-state index in [4.69, 9.17) is 10.00 Å². The van der Waals surface area contributed by atoms with Gasteiger partial charge < -0.3 is 15.0 Å². The van der Waals surface area contributed by atoms with Gasteiger partial charge in [-0.1, -0.05) is 0 Å². The average molecular weight is 327 g/mol. The maximum Gasteiger partial charge on any atom is 0.183 e. The first-order chi connectivity index (χ1) is 11.6. The van der Waals surface area contributed by atoms with E-state index in [1.54, 1.807) is 12.1 Å². The number of aromatic nitrogens is 2. The maximum absolute atomic E-state index is 14.6. The number of anilines is 3. The summed E-state index contributed by atoms with van der Waals surface area (Å²) in [4.78, 5) is 9.97. The number of nitriles is 1. The Bertz CT molecular complexity index is 766. The lowest BCUT2D eigenvalue weighted by molar-refractivity contribution is -0.00539. The highest BCUT2D eigenvalue weighted by atomic mass is 19.1. The van der Waals surface area contributed by atoms with E-state index in [0.717, 1.165) is 0 Å². The van der Waals surface area contributed by atoms with Crippen molar-refractivity contribution in [2.75, 3.05) is 23.3 Å². The van der Waals surface area contributed by atoms with E-state index in [2.05, 4.69) is 15.3 Å². The number of ether oxygens (including phenoxy) is 1. The molecule has 1 aromatic carbocycles. The second kappa shape index (κ2) is 6.81. The summed E-state index contributed by atoms with van der Waals surface area (Å²) in [5.74, 6) is -0.0236. The quantitative estimate of drug-likeness (QED) is 0.934. The Hall–Kier alpha value is -2.72. The van der Waals surface area contributed by atoms with Gasteiger partial charge in [-0.05, 0) is 32.0 Å². The minimum Gasteiger partial charge on any atom is -0.372 e. The second-order valence-electron chi connectivity index (χ2n) is 5.82. The van der Waals surface area contributed by atoms with E-state index in [-0.39, 0.29) is 23.7 Å². The Morgan fingerprint density at radius 2 is 1.96 bits per heavy atom. The predicted octanol–water partition coefficient (Wildman–Crippen LogP) is 2.84. The van der Waals surface area contributed by atoms with Crippen LogP contribution in [0.4, 0.5) is 21.6 Å². The zero-order valence-electron chi connectivity index (χ0n) is 13.5. The van der Waals surface area contributed by atoms with Gasteiger partial charge in [0.25, 0.3) is 0 Å². The lowest BCUT2D eigenvalue weighted by atomic mass is 10.2. The largest absolute Gasteiger partial charge is 0.372 e. The van der Waals surface area contributed by atoms with Gasteiger partial charge in [-0.15, -0.1) is 0 Å². The summed E-state index contributed by atoms with van der Waals surface area (Å²) in [7, 11) is 0. The standard InChI is InChI=1S/C17H18FN5O/c1-11-9-23(10-12(2)24-11)16-4-3-13(7-14(16)18)22-17-15(8-19)20-5-6-21-17/h3-7,11-12H,9-10H2,1-2H3,(H,21,22). The average Bonchev–Trinajstić information content (AvgIpc) is 2.54. The van der Waals surface area contributed by atoms with Crippen molar-refractivity contribution < 1.29 is 9.13 Å². The zero-order valence-corrected chi connectivity index (χ0v) is 13.5. The van der Waals surface area contributed by atoms with Crippen LogP contribution in [0.3, 0.4) is 0 Å². The number of hydrogen-bond acceptors (Lipinski definition) is 6. The molecule has 2 aromatic rings. The van der Waals surface area contributed by atoms with Gasteiger partial charge in [0.15, 0.2) is 11.5 Å². The predicted molar refractivity (Wildman–Crippen MR) is 88.7 cm³/mol. The summed E-state index contributed by atoms with van der Waals surface area (Å²) in [6.07, 6.45) is 3.03. The van der Waals surface area contributed by atoms with Crippen molar-refractivity contribution in [3.05, 3.63) is 42.1 Å². The number of hydrogen-bond donors (Lipinski definition) is 1. The lowest BCUT2D eigenvalue weighted by Gasteiger charge is -2.37. The highest BCUT2D eigenvalue weighted by molar-refractivity contribution is 5.64.